The van der Waals surface area contributed by atoms with Crippen molar-refractivity contribution in [2.24, 2.45) is 5.92 Å². The Hall–Kier alpha value is 0. The summed E-state index contributed by atoms with van der Waals surface area (Å²) in [6, 6.07) is 0. The summed E-state index contributed by atoms with van der Waals surface area (Å²) in [6.45, 7) is 9.65. The summed E-state index contributed by atoms with van der Waals surface area (Å²) >= 11 is 2.47. The van der Waals surface area contributed by atoms with Crippen LogP contribution in [0, 0.1) is 5.92 Å². The second-order valence-electron chi connectivity index (χ2n) is 5.48. The highest BCUT2D eigenvalue weighted by Crippen LogP contribution is 2.26. The van der Waals surface area contributed by atoms with Crippen molar-refractivity contribution in [3.05, 3.63) is 0 Å². The first-order chi connectivity index (χ1) is 7.29. The number of hydrogen-bond acceptors (Lipinski definition) is 2. The van der Waals surface area contributed by atoms with Gasteiger partial charge in [0, 0.05) is 17.0 Å². The van der Waals surface area contributed by atoms with Gasteiger partial charge in [-0.3, -0.25) is 0 Å². The van der Waals surface area contributed by atoms with Crippen LogP contribution in [0.3, 0.4) is 0 Å². The largest absolute Gasteiger partial charge is 0.444 e. The fourth-order valence-electron chi connectivity index (χ4n) is 1.87. The minimum Gasteiger partial charge on any atom is -0.444 e. The summed E-state index contributed by atoms with van der Waals surface area (Å²) in [6.07, 6.45) is 2.04. The van der Waals surface area contributed by atoms with Crippen LogP contribution >= 0.6 is 22.6 Å². The summed E-state index contributed by atoms with van der Waals surface area (Å²) in [5.74, 6) is 0.749. The Balaban J connectivity index is 2.39. The number of carbonyl (C=O) groups is 1. The summed E-state index contributed by atoms with van der Waals surface area (Å²) in [4.78, 5) is 13.6. The highest BCUT2D eigenvalue weighted by Gasteiger charge is 2.28. The van der Waals surface area contributed by atoms with Crippen LogP contribution in [0.25, 0.3) is 0 Å². The molecule has 0 aliphatic carbocycles. The first kappa shape index (κ1) is 14.1. The highest BCUT2D eigenvalue weighted by atomic mass is 127. The lowest BCUT2D eigenvalue weighted by Crippen LogP contribution is -2.42. The highest BCUT2D eigenvalue weighted by molar-refractivity contribution is 14.1. The van der Waals surface area contributed by atoms with Crippen molar-refractivity contribution < 1.29 is 9.53 Å². The van der Waals surface area contributed by atoms with Gasteiger partial charge in [0.1, 0.15) is 5.60 Å². The number of ether oxygens (including phenoxy) is 1. The van der Waals surface area contributed by atoms with Gasteiger partial charge < -0.3 is 9.64 Å². The van der Waals surface area contributed by atoms with E-state index in [4.69, 9.17) is 4.74 Å². The maximum Gasteiger partial charge on any atom is 0.410 e. The molecule has 1 saturated heterocycles. The van der Waals surface area contributed by atoms with Crippen LogP contribution in [0.15, 0.2) is 0 Å². The van der Waals surface area contributed by atoms with Crippen LogP contribution in [-0.4, -0.2) is 33.6 Å². The third kappa shape index (κ3) is 4.47. The van der Waals surface area contributed by atoms with Crippen LogP contribution in [0.4, 0.5) is 4.79 Å². The molecule has 0 aromatic carbocycles. The molecule has 0 N–H and O–H groups in total. The molecule has 0 unspecified atom stereocenters. The molecule has 0 spiro atoms. The van der Waals surface area contributed by atoms with Gasteiger partial charge in [-0.2, -0.15) is 0 Å². The molecule has 0 bridgehead atoms. The molecular formula is C12H22INO2. The van der Waals surface area contributed by atoms with E-state index in [-0.39, 0.29) is 11.7 Å². The zero-order valence-corrected chi connectivity index (χ0v) is 12.8. The number of piperidine rings is 1. The van der Waals surface area contributed by atoms with E-state index in [1.165, 1.54) is 0 Å². The normalized spacial score (nSPS) is 20.7. The summed E-state index contributed by atoms with van der Waals surface area (Å²) in [7, 11) is 0. The van der Waals surface area contributed by atoms with E-state index in [9.17, 15) is 4.79 Å². The molecule has 1 rings (SSSR count). The first-order valence-corrected chi connectivity index (χ1v) is 7.16. The van der Waals surface area contributed by atoms with Gasteiger partial charge in [-0.15, -0.1) is 0 Å². The van der Waals surface area contributed by atoms with Gasteiger partial charge in [0.15, 0.2) is 0 Å². The number of rotatable bonds is 1. The molecule has 94 valence electrons. The molecule has 1 amide bonds. The van der Waals surface area contributed by atoms with E-state index < -0.39 is 0 Å². The molecule has 1 aliphatic rings. The molecule has 0 aromatic heterocycles. The van der Waals surface area contributed by atoms with E-state index in [1.807, 2.05) is 25.7 Å². The Morgan fingerprint density at radius 2 is 1.88 bits per heavy atom. The van der Waals surface area contributed by atoms with Crippen molar-refractivity contribution in [3.8, 4) is 0 Å². The Kier molecular flexibility index (Phi) is 4.88. The number of likely N-dealkylation sites (tertiary alicyclic amines) is 1. The van der Waals surface area contributed by atoms with E-state index in [0.29, 0.717) is 3.92 Å². The quantitative estimate of drug-likeness (QED) is 0.541. The van der Waals surface area contributed by atoms with Crippen molar-refractivity contribution in [1.82, 2.24) is 4.90 Å². The van der Waals surface area contributed by atoms with Gasteiger partial charge in [0.25, 0.3) is 0 Å². The van der Waals surface area contributed by atoms with Crippen LogP contribution in [-0.2, 0) is 4.74 Å². The lowest BCUT2D eigenvalue weighted by Gasteiger charge is -2.34. The van der Waals surface area contributed by atoms with Gasteiger partial charge in [0.2, 0.25) is 0 Å². The van der Waals surface area contributed by atoms with E-state index in [0.717, 1.165) is 31.8 Å². The van der Waals surface area contributed by atoms with Crippen molar-refractivity contribution in [2.75, 3.05) is 13.1 Å². The van der Waals surface area contributed by atoms with Gasteiger partial charge in [0.05, 0.1) is 0 Å². The third-order valence-electron chi connectivity index (χ3n) is 2.84. The van der Waals surface area contributed by atoms with Crippen molar-refractivity contribution in [2.45, 2.75) is 50.1 Å². The molecule has 1 heterocycles. The number of halogens is 1. The number of amides is 1. The molecule has 0 radical (unpaired) electrons. The topological polar surface area (TPSA) is 29.5 Å². The molecular weight excluding hydrogens is 317 g/mol. The molecule has 0 saturated carbocycles. The SMILES string of the molecule is C[C@H](I)C1CCN(C(=O)OC(C)(C)C)CC1. The number of alkyl halides is 1. The fourth-order valence-corrected chi connectivity index (χ4v) is 2.59. The van der Waals surface area contributed by atoms with Crippen LogP contribution in [0.5, 0.6) is 0 Å². The second-order valence-corrected chi connectivity index (χ2v) is 7.45. The van der Waals surface area contributed by atoms with E-state index >= 15 is 0 Å². The standard InChI is InChI=1S/C12H22INO2/c1-9(13)10-5-7-14(8-6-10)11(15)16-12(2,3)4/h9-10H,5-8H2,1-4H3/t9-/m0/s1. The first-order valence-electron chi connectivity index (χ1n) is 5.91. The summed E-state index contributed by atoms with van der Waals surface area (Å²) in [5, 5.41) is 0. The molecule has 0 aromatic rings. The van der Waals surface area contributed by atoms with Gasteiger partial charge in [-0.05, 0) is 39.5 Å². The van der Waals surface area contributed by atoms with Crippen LogP contribution < -0.4 is 0 Å². The lowest BCUT2D eigenvalue weighted by molar-refractivity contribution is 0.0186. The molecule has 16 heavy (non-hydrogen) atoms. The zero-order valence-electron chi connectivity index (χ0n) is 10.6. The van der Waals surface area contributed by atoms with Crippen LogP contribution in [0.1, 0.15) is 40.5 Å². The minimum absolute atomic E-state index is 0.160. The maximum absolute atomic E-state index is 11.8. The number of hydrogen-bond donors (Lipinski definition) is 0. The second kappa shape index (κ2) is 5.56. The summed E-state index contributed by atoms with van der Waals surface area (Å²) < 4.78 is 6.05. The Labute approximate surface area is 112 Å². The predicted octanol–water partition coefficient (Wildman–Crippen LogP) is 3.46. The monoisotopic (exact) mass is 339 g/mol. The smallest absolute Gasteiger partial charge is 0.410 e. The van der Waals surface area contributed by atoms with Crippen molar-refractivity contribution in [1.29, 1.82) is 0 Å². The Morgan fingerprint density at radius 1 is 1.38 bits per heavy atom. The Morgan fingerprint density at radius 3 is 2.25 bits per heavy atom. The van der Waals surface area contributed by atoms with Gasteiger partial charge >= 0.3 is 6.09 Å². The summed E-state index contributed by atoms with van der Waals surface area (Å²) in [5.41, 5.74) is -0.384. The van der Waals surface area contributed by atoms with Gasteiger partial charge in [-0.1, -0.05) is 29.5 Å². The number of carbonyl (C=O) groups excluding carboxylic acids is 1. The third-order valence-corrected chi connectivity index (χ3v) is 3.86. The van der Waals surface area contributed by atoms with E-state index in [2.05, 4.69) is 29.5 Å². The molecule has 4 heteroatoms. The molecule has 3 nitrogen and oxygen atoms in total. The average molecular weight is 339 g/mol. The average Bonchev–Trinajstić information content (AvgIpc) is 2.15. The van der Waals surface area contributed by atoms with Crippen molar-refractivity contribution >= 4 is 28.7 Å². The lowest BCUT2D eigenvalue weighted by atomic mass is 9.95. The molecule has 1 fully saturated rings. The molecule has 1 atom stereocenters. The maximum atomic E-state index is 11.8. The zero-order chi connectivity index (χ0) is 12.3. The number of nitrogens with zero attached hydrogens (tertiary/aromatic N) is 1. The fraction of sp³-hybridized carbons (Fsp3) is 0.917. The molecule has 1 aliphatic heterocycles. The van der Waals surface area contributed by atoms with E-state index in [1.54, 1.807) is 0 Å². The van der Waals surface area contributed by atoms with Crippen LogP contribution in [0.2, 0.25) is 0 Å². The van der Waals surface area contributed by atoms with Crippen molar-refractivity contribution in [3.63, 3.8) is 0 Å². The minimum atomic E-state index is -0.384. The Bertz CT molecular complexity index is 240. The van der Waals surface area contributed by atoms with Gasteiger partial charge in [-0.25, -0.2) is 4.79 Å². The predicted molar refractivity (Wildman–Crippen MR) is 74.0 cm³/mol.